The fraction of sp³-hybridized carbons (Fsp3) is 0.143. The van der Waals surface area contributed by atoms with Crippen LogP contribution < -0.4 is 4.90 Å². The molecule has 59 heavy (non-hydrogen) atoms. The molecule has 1 spiro atoms. The number of fused-ring (bicyclic) bond motifs is 19. The third-order valence-corrected chi connectivity index (χ3v) is 13.8. The third kappa shape index (κ3) is 4.32. The van der Waals surface area contributed by atoms with Crippen LogP contribution >= 0.6 is 0 Å². The van der Waals surface area contributed by atoms with Crippen LogP contribution in [-0.2, 0) is 23.7 Å². The van der Waals surface area contributed by atoms with E-state index >= 15 is 0 Å². The molecule has 0 saturated heterocycles. The molecule has 0 N–H and O–H groups in total. The summed E-state index contributed by atoms with van der Waals surface area (Å²) in [6.45, 7) is 6.86. The molecule has 10 aromatic rings. The molecule has 13 rings (SSSR count). The van der Waals surface area contributed by atoms with E-state index in [1.807, 2.05) is 0 Å². The van der Waals surface area contributed by atoms with Crippen LogP contribution in [0.1, 0.15) is 66.1 Å². The van der Waals surface area contributed by atoms with Gasteiger partial charge in [0.2, 0.25) is 0 Å². The number of hydrogen-bond acceptors (Lipinski definition) is 3. The average Bonchev–Trinajstić information content (AvgIpc) is 4.08. The van der Waals surface area contributed by atoms with Crippen molar-refractivity contribution in [1.82, 2.24) is 0 Å². The lowest BCUT2D eigenvalue weighted by molar-refractivity contribution is 0.590. The second-order valence-electron chi connectivity index (χ2n) is 17.9. The summed E-state index contributed by atoms with van der Waals surface area (Å²) in [5.41, 5.74) is 20.4. The topological polar surface area (TPSA) is 29.5 Å². The molecule has 0 unspecified atom stereocenters. The van der Waals surface area contributed by atoms with Crippen LogP contribution in [0.25, 0.3) is 66.1 Å². The highest BCUT2D eigenvalue weighted by Crippen LogP contribution is 2.66. The van der Waals surface area contributed by atoms with Crippen molar-refractivity contribution in [2.24, 2.45) is 0 Å². The van der Waals surface area contributed by atoms with E-state index in [4.69, 9.17) is 8.83 Å². The number of nitrogens with zero attached hydrogens (tertiary/aromatic N) is 1. The molecule has 0 aliphatic heterocycles. The van der Waals surface area contributed by atoms with E-state index in [9.17, 15) is 0 Å². The normalized spacial score (nSPS) is 14.6. The van der Waals surface area contributed by atoms with Crippen LogP contribution in [0.5, 0.6) is 0 Å². The first-order valence-electron chi connectivity index (χ1n) is 21.1. The molecule has 2 aromatic heterocycles. The van der Waals surface area contributed by atoms with Crippen molar-refractivity contribution in [3.8, 4) is 22.3 Å². The molecule has 3 aliphatic carbocycles. The van der Waals surface area contributed by atoms with Gasteiger partial charge in [-0.3, -0.25) is 0 Å². The van der Waals surface area contributed by atoms with Gasteiger partial charge < -0.3 is 13.7 Å². The molecule has 0 saturated carbocycles. The number of rotatable bonds is 3. The van der Waals surface area contributed by atoms with Gasteiger partial charge in [-0.25, -0.2) is 0 Å². The molecule has 3 aliphatic rings. The summed E-state index contributed by atoms with van der Waals surface area (Å²) >= 11 is 0. The van der Waals surface area contributed by atoms with Crippen LogP contribution in [0.4, 0.5) is 17.1 Å². The third-order valence-electron chi connectivity index (χ3n) is 13.8. The molecule has 8 aromatic carbocycles. The smallest absolute Gasteiger partial charge is 0.145 e. The van der Waals surface area contributed by atoms with Gasteiger partial charge in [-0.1, -0.05) is 136 Å². The number of anilines is 3. The molecule has 2 heterocycles. The minimum atomic E-state index is -0.618. The summed E-state index contributed by atoms with van der Waals surface area (Å²) in [6, 6.07) is 58.7. The lowest BCUT2D eigenvalue weighted by atomic mass is 9.70. The summed E-state index contributed by atoms with van der Waals surface area (Å²) in [5, 5.41) is 4.45. The van der Waals surface area contributed by atoms with Gasteiger partial charge in [0, 0.05) is 38.7 Å². The van der Waals surface area contributed by atoms with Crippen molar-refractivity contribution < 1.29 is 8.83 Å². The predicted octanol–water partition coefficient (Wildman–Crippen LogP) is 15.1. The highest BCUT2D eigenvalue weighted by molar-refractivity contribution is 6.23. The Morgan fingerprint density at radius 3 is 1.85 bits per heavy atom. The SMILES string of the molecule is CC(C)(C)c1ccc(N(c2ccc3c(c2)CCC3)c2cc3c(c4oc5ccccc5c24)-c2c(ccc4c2oc2ccccc24)C32c3ccccc3-c3ccccc32)cc1. The van der Waals surface area contributed by atoms with Crippen molar-refractivity contribution in [3.63, 3.8) is 0 Å². The first-order valence-corrected chi connectivity index (χ1v) is 21.1. The first-order chi connectivity index (χ1) is 28.9. The van der Waals surface area contributed by atoms with E-state index in [0.29, 0.717) is 0 Å². The van der Waals surface area contributed by atoms with E-state index in [1.165, 1.54) is 56.5 Å². The molecule has 3 nitrogen and oxygen atoms in total. The molecule has 282 valence electrons. The molecular formula is C56H41NO2. The quantitative estimate of drug-likeness (QED) is 0.180. The molecule has 0 atom stereocenters. The fourth-order valence-corrected chi connectivity index (χ4v) is 11.1. The number of aryl methyl sites for hydroxylation is 2. The lowest BCUT2D eigenvalue weighted by Gasteiger charge is -2.33. The zero-order valence-electron chi connectivity index (χ0n) is 33.4. The summed E-state index contributed by atoms with van der Waals surface area (Å²) in [6.07, 6.45) is 3.44. The minimum Gasteiger partial charge on any atom is -0.455 e. The lowest BCUT2D eigenvalue weighted by Crippen LogP contribution is -2.26. The van der Waals surface area contributed by atoms with Crippen molar-refractivity contribution in [2.75, 3.05) is 4.90 Å². The number of hydrogen-bond donors (Lipinski definition) is 0. The zero-order chi connectivity index (χ0) is 39.2. The molecular weight excluding hydrogens is 719 g/mol. The van der Waals surface area contributed by atoms with Gasteiger partial charge >= 0.3 is 0 Å². The number of para-hydroxylation sites is 2. The largest absolute Gasteiger partial charge is 0.455 e. The van der Waals surface area contributed by atoms with Crippen LogP contribution in [0, 0.1) is 0 Å². The van der Waals surface area contributed by atoms with E-state index in [-0.39, 0.29) is 5.41 Å². The Morgan fingerprint density at radius 2 is 1.10 bits per heavy atom. The summed E-state index contributed by atoms with van der Waals surface area (Å²) < 4.78 is 14.3. The Labute approximate surface area is 343 Å². The monoisotopic (exact) mass is 759 g/mol. The van der Waals surface area contributed by atoms with Crippen molar-refractivity contribution >= 4 is 60.9 Å². The minimum absolute atomic E-state index is 0.0297. The molecule has 0 bridgehead atoms. The average molecular weight is 760 g/mol. The predicted molar refractivity (Wildman–Crippen MR) is 243 cm³/mol. The van der Waals surface area contributed by atoms with E-state index in [2.05, 4.69) is 183 Å². The van der Waals surface area contributed by atoms with Crippen molar-refractivity contribution in [2.45, 2.75) is 50.9 Å². The maximum absolute atomic E-state index is 7.29. The van der Waals surface area contributed by atoms with Crippen LogP contribution in [0.2, 0.25) is 0 Å². The van der Waals surface area contributed by atoms with Crippen LogP contribution in [0.3, 0.4) is 0 Å². The second kappa shape index (κ2) is 11.6. The summed E-state index contributed by atoms with van der Waals surface area (Å²) in [7, 11) is 0. The Hall–Kier alpha value is -6.84. The molecule has 0 radical (unpaired) electrons. The van der Waals surface area contributed by atoms with Gasteiger partial charge in [0.15, 0.2) is 0 Å². The van der Waals surface area contributed by atoms with Gasteiger partial charge in [-0.2, -0.15) is 0 Å². The zero-order valence-corrected chi connectivity index (χ0v) is 33.4. The van der Waals surface area contributed by atoms with Crippen molar-refractivity contribution in [3.05, 3.63) is 197 Å². The summed E-state index contributed by atoms with van der Waals surface area (Å²) in [5.74, 6) is 0. The Bertz CT molecular complexity index is 3360. The molecule has 3 heteroatoms. The van der Waals surface area contributed by atoms with E-state index in [0.717, 1.165) is 84.9 Å². The number of furan rings is 2. The van der Waals surface area contributed by atoms with Crippen LogP contribution in [0.15, 0.2) is 167 Å². The van der Waals surface area contributed by atoms with Gasteiger partial charge in [0.25, 0.3) is 0 Å². The highest BCUT2D eigenvalue weighted by atomic mass is 16.3. The summed E-state index contributed by atoms with van der Waals surface area (Å²) in [4.78, 5) is 2.51. The number of benzene rings is 8. The fourth-order valence-electron chi connectivity index (χ4n) is 11.1. The first kappa shape index (κ1) is 33.2. The van der Waals surface area contributed by atoms with E-state index in [1.54, 1.807) is 0 Å². The maximum atomic E-state index is 7.29. The molecule has 0 amide bonds. The Kier molecular flexibility index (Phi) is 6.54. The van der Waals surface area contributed by atoms with Gasteiger partial charge in [-0.15, -0.1) is 0 Å². The van der Waals surface area contributed by atoms with Crippen LogP contribution in [-0.4, -0.2) is 0 Å². The van der Waals surface area contributed by atoms with Gasteiger partial charge in [0.1, 0.15) is 22.3 Å². The van der Waals surface area contributed by atoms with E-state index < -0.39 is 5.41 Å². The highest BCUT2D eigenvalue weighted by Gasteiger charge is 2.54. The Morgan fingerprint density at radius 1 is 0.492 bits per heavy atom. The van der Waals surface area contributed by atoms with Gasteiger partial charge in [-0.05, 0) is 117 Å². The maximum Gasteiger partial charge on any atom is 0.145 e. The molecule has 0 fully saturated rings. The van der Waals surface area contributed by atoms with Gasteiger partial charge in [0.05, 0.1) is 16.5 Å². The van der Waals surface area contributed by atoms with Crippen molar-refractivity contribution in [1.29, 1.82) is 0 Å². The Balaban J connectivity index is 1.23. The standard InChI is InChI=1S/C56H41NO2/c1-55(2,3)35-24-27-36(28-25-35)57(37-26-23-33-13-12-14-34(33)31-37)47-32-46-52(54-50(47)42-18-7-11-22-49(42)59-54)51-45(30-29-41-40-17-6-10-21-48(40)58-53(41)51)56(46)43-19-8-4-15-38(43)39-16-5-9-20-44(39)56/h4-11,15-32H,12-14H2,1-3H3. The second-order valence-corrected chi connectivity index (χ2v) is 17.9.